The predicted octanol–water partition coefficient (Wildman–Crippen LogP) is 3.13. The number of carbonyl (C=O) groups excluding carboxylic acids is 1. The van der Waals surface area contributed by atoms with Crippen LogP contribution < -0.4 is 5.32 Å². The van der Waals surface area contributed by atoms with Gasteiger partial charge in [-0.1, -0.05) is 17.7 Å². The number of benzene rings is 1. The van der Waals surface area contributed by atoms with Gasteiger partial charge in [-0.2, -0.15) is 5.10 Å². The second-order valence-electron chi connectivity index (χ2n) is 5.33. The largest absolute Gasteiger partial charge is 0.459 e. The molecule has 0 radical (unpaired) electrons. The number of nitrogens with zero attached hydrogens (tertiary/aromatic N) is 2. The molecule has 0 bridgehead atoms. The molecule has 3 heterocycles. The normalized spacial score (nSPS) is 16.1. The van der Waals surface area contributed by atoms with Gasteiger partial charge in [0.2, 0.25) is 0 Å². The zero-order valence-corrected chi connectivity index (χ0v) is 13.9. The Kier molecular flexibility index (Phi) is 3.74. The summed E-state index contributed by atoms with van der Waals surface area (Å²) in [5.41, 5.74) is 2.23. The number of hydrogen-bond acceptors (Lipinski definition) is 4. The number of hydrogen-bond donors (Lipinski definition) is 1. The number of halogens is 1. The van der Waals surface area contributed by atoms with Gasteiger partial charge in [-0.05, 0) is 30.3 Å². The van der Waals surface area contributed by atoms with Crippen LogP contribution in [0.15, 0.2) is 47.1 Å². The topological polar surface area (TPSA) is 77.1 Å². The van der Waals surface area contributed by atoms with Gasteiger partial charge in [-0.15, -0.1) is 0 Å². The van der Waals surface area contributed by atoms with Crippen LogP contribution in [0.5, 0.6) is 0 Å². The maximum Gasteiger partial charge on any atom is 0.292 e. The van der Waals surface area contributed by atoms with Crippen LogP contribution in [0.3, 0.4) is 0 Å². The highest BCUT2D eigenvalue weighted by Crippen LogP contribution is 2.32. The summed E-state index contributed by atoms with van der Waals surface area (Å²) in [6, 6.07) is 10.4. The van der Waals surface area contributed by atoms with Crippen molar-refractivity contribution in [2.45, 2.75) is 11.5 Å². The van der Waals surface area contributed by atoms with Crippen molar-refractivity contribution in [2.24, 2.45) is 0 Å². The molecule has 1 atom stereocenters. The minimum Gasteiger partial charge on any atom is -0.459 e. The minimum absolute atomic E-state index is 0.196. The summed E-state index contributed by atoms with van der Waals surface area (Å²) in [4.78, 5) is 12.4. The van der Waals surface area contributed by atoms with Gasteiger partial charge < -0.3 is 9.73 Å². The third-order valence-electron chi connectivity index (χ3n) is 3.70. The Morgan fingerprint density at radius 1 is 1.29 bits per heavy atom. The molecule has 0 saturated carbocycles. The number of anilines is 1. The molecule has 1 aliphatic rings. The van der Waals surface area contributed by atoms with Crippen LogP contribution in [-0.2, 0) is 22.3 Å². The molecule has 24 heavy (non-hydrogen) atoms. The number of aromatic nitrogens is 2. The summed E-state index contributed by atoms with van der Waals surface area (Å²) in [5.74, 6) is 1.06. The minimum atomic E-state index is -0.996. The molecule has 0 unspecified atom stereocenters. The van der Waals surface area contributed by atoms with Gasteiger partial charge in [-0.3, -0.25) is 9.00 Å². The first-order valence-electron chi connectivity index (χ1n) is 7.18. The summed E-state index contributed by atoms with van der Waals surface area (Å²) in [5, 5.41) is 7.89. The molecular weight excluding hydrogens is 350 g/mol. The average molecular weight is 362 g/mol. The van der Waals surface area contributed by atoms with Gasteiger partial charge in [0.15, 0.2) is 5.76 Å². The van der Waals surface area contributed by atoms with E-state index < -0.39 is 10.8 Å². The van der Waals surface area contributed by atoms with Crippen molar-refractivity contribution in [3.63, 3.8) is 0 Å². The SMILES string of the molecule is O=C(Nc1c2c(nn1-c1cccc(Cl)c1)C[S@@](=O)C2)c1ccco1. The summed E-state index contributed by atoms with van der Waals surface area (Å²) in [7, 11) is -0.996. The summed E-state index contributed by atoms with van der Waals surface area (Å²) in [6.45, 7) is 0. The quantitative estimate of drug-likeness (QED) is 0.777. The maximum absolute atomic E-state index is 12.4. The molecule has 3 aromatic rings. The molecule has 6 nitrogen and oxygen atoms in total. The number of amides is 1. The third-order valence-corrected chi connectivity index (χ3v) is 5.14. The fourth-order valence-electron chi connectivity index (χ4n) is 2.63. The summed E-state index contributed by atoms with van der Waals surface area (Å²) < 4.78 is 18.6. The molecular formula is C16H12ClN3O3S. The van der Waals surface area contributed by atoms with Gasteiger partial charge in [0.25, 0.3) is 5.91 Å². The molecule has 0 saturated heterocycles. The van der Waals surface area contributed by atoms with Crippen molar-refractivity contribution in [3.05, 3.63) is 64.7 Å². The lowest BCUT2D eigenvalue weighted by atomic mass is 10.2. The standard InChI is InChI=1S/C16H12ClN3O3S/c17-10-3-1-4-11(7-10)20-15(12-8-24(22)9-13(12)19-20)18-16(21)14-5-2-6-23-14/h1-7H,8-9H2,(H,18,21)/t24-/m0/s1. The van der Waals surface area contributed by atoms with Crippen LogP contribution in [0.2, 0.25) is 5.02 Å². The van der Waals surface area contributed by atoms with E-state index in [0.717, 1.165) is 16.9 Å². The van der Waals surface area contributed by atoms with Crippen molar-refractivity contribution < 1.29 is 13.4 Å². The van der Waals surface area contributed by atoms with E-state index in [9.17, 15) is 9.00 Å². The van der Waals surface area contributed by atoms with Crippen LogP contribution in [0.1, 0.15) is 21.8 Å². The monoisotopic (exact) mass is 361 g/mol. The molecule has 122 valence electrons. The van der Waals surface area contributed by atoms with Crippen molar-refractivity contribution in [1.29, 1.82) is 0 Å². The van der Waals surface area contributed by atoms with Gasteiger partial charge >= 0.3 is 0 Å². The molecule has 4 rings (SSSR count). The van der Waals surface area contributed by atoms with Crippen LogP contribution in [0.4, 0.5) is 5.82 Å². The smallest absolute Gasteiger partial charge is 0.292 e. The molecule has 1 amide bonds. The molecule has 0 aliphatic carbocycles. The molecule has 1 aromatic carbocycles. The lowest BCUT2D eigenvalue weighted by Crippen LogP contribution is -2.16. The van der Waals surface area contributed by atoms with E-state index in [4.69, 9.17) is 16.0 Å². The first-order chi connectivity index (χ1) is 11.6. The van der Waals surface area contributed by atoms with E-state index in [1.807, 2.05) is 6.07 Å². The van der Waals surface area contributed by atoms with Gasteiger partial charge in [0.05, 0.1) is 29.2 Å². The summed E-state index contributed by atoms with van der Waals surface area (Å²) >= 11 is 6.06. The molecule has 1 aliphatic heterocycles. The highest BCUT2D eigenvalue weighted by molar-refractivity contribution is 7.83. The van der Waals surface area contributed by atoms with E-state index >= 15 is 0 Å². The Hall–Kier alpha value is -2.38. The molecule has 1 N–H and O–H groups in total. The van der Waals surface area contributed by atoms with E-state index in [1.165, 1.54) is 6.26 Å². The Morgan fingerprint density at radius 3 is 2.92 bits per heavy atom. The second-order valence-corrected chi connectivity index (χ2v) is 7.22. The second kappa shape index (κ2) is 5.92. The number of carbonyl (C=O) groups is 1. The zero-order chi connectivity index (χ0) is 16.7. The first kappa shape index (κ1) is 15.2. The van der Waals surface area contributed by atoms with Crippen LogP contribution >= 0.6 is 11.6 Å². The lowest BCUT2D eigenvalue weighted by Gasteiger charge is -2.10. The Morgan fingerprint density at radius 2 is 2.17 bits per heavy atom. The van der Waals surface area contributed by atoms with E-state index in [-0.39, 0.29) is 11.7 Å². The Labute approximate surface area is 144 Å². The van der Waals surface area contributed by atoms with Crippen molar-refractivity contribution in [1.82, 2.24) is 9.78 Å². The Balaban J connectivity index is 1.79. The third kappa shape index (κ3) is 2.65. The molecule has 8 heteroatoms. The lowest BCUT2D eigenvalue weighted by molar-refractivity contribution is 0.0996. The van der Waals surface area contributed by atoms with E-state index in [2.05, 4.69) is 10.4 Å². The predicted molar refractivity (Wildman–Crippen MR) is 90.8 cm³/mol. The molecule has 0 spiro atoms. The van der Waals surface area contributed by atoms with Gasteiger partial charge in [0, 0.05) is 21.4 Å². The van der Waals surface area contributed by atoms with Crippen molar-refractivity contribution in [2.75, 3.05) is 5.32 Å². The number of rotatable bonds is 3. The van der Waals surface area contributed by atoms with Crippen molar-refractivity contribution >= 4 is 34.1 Å². The van der Waals surface area contributed by atoms with Crippen LogP contribution in [0, 0.1) is 0 Å². The van der Waals surface area contributed by atoms with Crippen LogP contribution in [-0.4, -0.2) is 19.9 Å². The summed E-state index contributed by atoms with van der Waals surface area (Å²) in [6.07, 6.45) is 1.43. The highest BCUT2D eigenvalue weighted by atomic mass is 35.5. The van der Waals surface area contributed by atoms with Gasteiger partial charge in [-0.25, -0.2) is 4.68 Å². The highest BCUT2D eigenvalue weighted by Gasteiger charge is 2.28. The van der Waals surface area contributed by atoms with E-state index in [0.29, 0.717) is 22.3 Å². The zero-order valence-electron chi connectivity index (χ0n) is 12.4. The number of furan rings is 1. The van der Waals surface area contributed by atoms with E-state index in [1.54, 1.807) is 35.0 Å². The average Bonchev–Trinajstić information content (AvgIpc) is 3.25. The first-order valence-corrected chi connectivity index (χ1v) is 9.05. The molecule has 2 aromatic heterocycles. The fourth-order valence-corrected chi connectivity index (χ4v) is 4.08. The maximum atomic E-state index is 12.4. The Bertz CT molecular complexity index is 950. The number of fused-ring (bicyclic) bond motifs is 1. The molecule has 0 fully saturated rings. The van der Waals surface area contributed by atoms with Crippen LogP contribution in [0.25, 0.3) is 5.69 Å². The fraction of sp³-hybridized carbons (Fsp3) is 0.125. The van der Waals surface area contributed by atoms with Gasteiger partial charge in [0.1, 0.15) is 5.82 Å². The number of nitrogens with one attached hydrogen (secondary N) is 1. The van der Waals surface area contributed by atoms with Crippen molar-refractivity contribution in [3.8, 4) is 5.69 Å².